The Hall–Kier alpha value is -2.64. The van der Waals surface area contributed by atoms with Crippen LogP contribution in [0.15, 0.2) is 30.3 Å². The Kier molecular flexibility index (Phi) is 4.96. The molecular formula is C20H23NO6. The van der Waals surface area contributed by atoms with Crippen molar-refractivity contribution in [3.8, 4) is 28.7 Å². The van der Waals surface area contributed by atoms with E-state index in [1.165, 1.54) is 0 Å². The van der Waals surface area contributed by atoms with Crippen molar-refractivity contribution in [3.05, 3.63) is 41.5 Å². The predicted molar refractivity (Wildman–Crippen MR) is 98.0 cm³/mol. The van der Waals surface area contributed by atoms with Crippen molar-refractivity contribution in [2.45, 2.75) is 6.04 Å². The number of ether oxygens (including phenoxy) is 5. The van der Waals surface area contributed by atoms with Crippen molar-refractivity contribution < 1.29 is 28.8 Å². The van der Waals surface area contributed by atoms with Gasteiger partial charge in [0.15, 0.2) is 23.0 Å². The Bertz CT molecular complexity index is 818. The van der Waals surface area contributed by atoms with Crippen molar-refractivity contribution in [1.82, 2.24) is 4.90 Å². The van der Waals surface area contributed by atoms with Gasteiger partial charge in [-0.2, -0.15) is 0 Å². The number of methoxy groups -OCH3 is 2. The number of hydrogen-bond acceptors (Lipinski definition) is 7. The predicted octanol–water partition coefficient (Wildman–Crippen LogP) is 2.56. The smallest absolute Gasteiger partial charge is 0.231 e. The number of para-hydroxylation sites is 1. The van der Waals surface area contributed by atoms with Gasteiger partial charge in [0.1, 0.15) is 5.75 Å². The van der Waals surface area contributed by atoms with Gasteiger partial charge in [0.2, 0.25) is 6.79 Å². The highest BCUT2D eigenvalue weighted by Gasteiger charge is 2.32. The highest BCUT2D eigenvalue weighted by molar-refractivity contribution is 5.57. The molecule has 27 heavy (non-hydrogen) atoms. The molecule has 0 bridgehead atoms. The molecule has 0 aliphatic carbocycles. The summed E-state index contributed by atoms with van der Waals surface area (Å²) in [5, 5.41) is 10.8. The van der Waals surface area contributed by atoms with Crippen molar-refractivity contribution in [2.24, 2.45) is 0 Å². The van der Waals surface area contributed by atoms with E-state index in [1.807, 2.05) is 24.3 Å². The van der Waals surface area contributed by atoms with E-state index in [4.69, 9.17) is 23.7 Å². The first kappa shape index (κ1) is 17.8. The lowest BCUT2D eigenvalue weighted by atomic mass is 9.94. The van der Waals surface area contributed by atoms with E-state index in [0.29, 0.717) is 36.2 Å². The molecule has 0 spiro atoms. The Morgan fingerprint density at radius 1 is 1.00 bits per heavy atom. The Labute approximate surface area is 158 Å². The maximum Gasteiger partial charge on any atom is 0.231 e. The van der Waals surface area contributed by atoms with Crippen LogP contribution in [0.4, 0.5) is 0 Å². The van der Waals surface area contributed by atoms with Crippen LogP contribution in [0.3, 0.4) is 0 Å². The van der Waals surface area contributed by atoms with Gasteiger partial charge < -0.3 is 28.8 Å². The summed E-state index contributed by atoms with van der Waals surface area (Å²) in [6, 6.07) is 8.99. The number of nitrogens with zero attached hydrogens (tertiary/aromatic N) is 1. The van der Waals surface area contributed by atoms with Gasteiger partial charge in [-0.3, -0.25) is 4.90 Å². The van der Waals surface area contributed by atoms with E-state index in [-0.39, 0.29) is 18.6 Å². The molecule has 0 amide bonds. The highest BCUT2D eigenvalue weighted by Crippen LogP contribution is 2.46. The van der Waals surface area contributed by atoms with Gasteiger partial charge in [-0.25, -0.2) is 0 Å². The SMILES string of the molecule is COc1cccc([C@H](c2cc3c(cc2O)OCO3)N2CCOCC2)c1OC. The highest BCUT2D eigenvalue weighted by atomic mass is 16.7. The van der Waals surface area contributed by atoms with Crippen molar-refractivity contribution in [1.29, 1.82) is 0 Å². The van der Waals surface area contributed by atoms with Crippen LogP contribution >= 0.6 is 0 Å². The number of benzene rings is 2. The lowest BCUT2D eigenvalue weighted by Gasteiger charge is -2.36. The third kappa shape index (κ3) is 3.24. The lowest BCUT2D eigenvalue weighted by molar-refractivity contribution is 0.0231. The van der Waals surface area contributed by atoms with Gasteiger partial charge in [-0.15, -0.1) is 0 Å². The number of morpholine rings is 1. The van der Waals surface area contributed by atoms with Crippen LogP contribution in [-0.4, -0.2) is 57.3 Å². The number of phenols is 1. The average molecular weight is 373 g/mol. The molecule has 7 heteroatoms. The topological polar surface area (TPSA) is 69.6 Å². The fraction of sp³-hybridized carbons (Fsp3) is 0.400. The molecule has 1 N–H and O–H groups in total. The van der Waals surface area contributed by atoms with E-state index in [1.54, 1.807) is 20.3 Å². The molecule has 144 valence electrons. The minimum Gasteiger partial charge on any atom is -0.507 e. The standard InChI is InChI=1S/C20H23NO6/c1-23-16-5-3-4-13(20(16)24-2)19(21-6-8-25-9-7-21)14-10-17-18(11-15(14)22)27-12-26-17/h3-5,10-11,19,22H,6-9,12H2,1-2H3/t19-/m1/s1. The average Bonchev–Trinajstić information content (AvgIpc) is 3.16. The Morgan fingerprint density at radius 2 is 1.74 bits per heavy atom. The van der Waals surface area contributed by atoms with Gasteiger partial charge >= 0.3 is 0 Å². The number of rotatable bonds is 5. The molecule has 0 unspecified atom stereocenters. The molecule has 4 rings (SSSR count). The minimum atomic E-state index is -0.242. The van der Waals surface area contributed by atoms with E-state index >= 15 is 0 Å². The zero-order valence-electron chi connectivity index (χ0n) is 15.4. The van der Waals surface area contributed by atoms with Crippen LogP contribution in [0.25, 0.3) is 0 Å². The molecule has 0 saturated carbocycles. The zero-order chi connectivity index (χ0) is 18.8. The third-order valence-electron chi connectivity index (χ3n) is 4.96. The molecule has 0 radical (unpaired) electrons. The molecule has 2 heterocycles. The van der Waals surface area contributed by atoms with Gasteiger partial charge in [0.05, 0.1) is 33.5 Å². The molecule has 1 saturated heterocycles. The molecule has 2 aliphatic heterocycles. The van der Waals surface area contributed by atoms with Gasteiger partial charge in [-0.1, -0.05) is 12.1 Å². The summed E-state index contributed by atoms with van der Waals surface area (Å²) in [6.45, 7) is 2.89. The first-order valence-electron chi connectivity index (χ1n) is 8.88. The van der Waals surface area contributed by atoms with E-state index in [0.717, 1.165) is 24.2 Å². The second-order valence-electron chi connectivity index (χ2n) is 6.40. The lowest BCUT2D eigenvalue weighted by Crippen LogP contribution is -2.39. The second-order valence-corrected chi connectivity index (χ2v) is 6.40. The molecule has 2 aromatic rings. The summed E-state index contributed by atoms with van der Waals surface area (Å²) in [4.78, 5) is 2.26. The van der Waals surface area contributed by atoms with Crippen LogP contribution in [0.1, 0.15) is 17.2 Å². The van der Waals surface area contributed by atoms with E-state index < -0.39 is 0 Å². The van der Waals surface area contributed by atoms with Crippen LogP contribution in [0.2, 0.25) is 0 Å². The summed E-state index contributed by atoms with van der Waals surface area (Å²) in [6.07, 6.45) is 0. The Morgan fingerprint density at radius 3 is 2.44 bits per heavy atom. The second kappa shape index (κ2) is 7.54. The third-order valence-corrected chi connectivity index (χ3v) is 4.96. The summed E-state index contributed by atoms with van der Waals surface area (Å²) in [5.74, 6) is 2.63. The van der Waals surface area contributed by atoms with E-state index in [2.05, 4.69) is 4.90 Å². The largest absolute Gasteiger partial charge is 0.507 e. The monoisotopic (exact) mass is 373 g/mol. The molecular weight excluding hydrogens is 350 g/mol. The first-order valence-corrected chi connectivity index (χ1v) is 8.88. The summed E-state index contributed by atoms with van der Waals surface area (Å²) >= 11 is 0. The van der Waals surface area contributed by atoms with Gasteiger partial charge in [0, 0.05) is 30.3 Å². The maximum atomic E-state index is 10.8. The molecule has 1 fully saturated rings. The summed E-state index contributed by atoms with van der Waals surface area (Å²) in [7, 11) is 3.24. The number of phenolic OH excluding ortho intramolecular Hbond substituents is 1. The number of hydrogen-bond donors (Lipinski definition) is 1. The van der Waals surface area contributed by atoms with Crippen LogP contribution in [0.5, 0.6) is 28.7 Å². The Balaban J connectivity index is 1.86. The fourth-order valence-electron chi connectivity index (χ4n) is 3.69. The van der Waals surface area contributed by atoms with Crippen LogP contribution in [-0.2, 0) is 4.74 Å². The van der Waals surface area contributed by atoms with Gasteiger partial charge in [0.25, 0.3) is 0 Å². The van der Waals surface area contributed by atoms with Crippen LogP contribution in [0, 0.1) is 0 Å². The van der Waals surface area contributed by atoms with Crippen molar-refractivity contribution in [2.75, 3.05) is 47.3 Å². The molecule has 1 atom stereocenters. The summed E-state index contributed by atoms with van der Waals surface area (Å²) < 4.78 is 27.6. The van der Waals surface area contributed by atoms with Crippen molar-refractivity contribution in [3.63, 3.8) is 0 Å². The molecule has 7 nitrogen and oxygen atoms in total. The molecule has 2 aromatic carbocycles. The summed E-state index contributed by atoms with van der Waals surface area (Å²) in [5.41, 5.74) is 1.64. The van der Waals surface area contributed by atoms with Gasteiger partial charge in [-0.05, 0) is 12.1 Å². The number of aromatic hydroxyl groups is 1. The first-order chi connectivity index (χ1) is 13.2. The number of fused-ring (bicyclic) bond motifs is 1. The molecule has 2 aliphatic rings. The van der Waals surface area contributed by atoms with Crippen molar-refractivity contribution >= 4 is 0 Å². The minimum absolute atomic E-state index is 0.153. The van der Waals surface area contributed by atoms with Crippen LogP contribution < -0.4 is 18.9 Å². The fourth-order valence-corrected chi connectivity index (χ4v) is 3.69. The zero-order valence-corrected chi connectivity index (χ0v) is 15.4. The maximum absolute atomic E-state index is 10.8. The quantitative estimate of drug-likeness (QED) is 0.864. The normalized spacial score (nSPS) is 17.6. The van der Waals surface area contributed by atoms with E-state index in [9.17, 15) is 5.11 Å². The molecule has 0 aromatic heterocycles.